The Morgan fingerprint density at radius 3 is 2.04 bits per heavy atom. The molecule has 0 saturated carbocycles. The molecular formula is C19H15NO4. The van der Waals surface area contributed by atoms with Crippen LogP contribution in [0.25, 0.3) is 5.76 Å². The lowest BCUT2D eigenvalue weighted by Gasteiger charge is -2.12. The van der Waals surface area contributed by atoms with Crippen LogP contribution in [0.15, 0.2) is 66.2 Å². The number of nitrogens with zero attached hydrogens (tertiary/aromatic N) is 1. The summed E-state index contributed by atoms with van der Waals surface area (Å²) in [5.74, 6) is -3.06. The summed E-state index contributed by atoms with van der Waals surface area (Å²) in [6, 6.07) is 17.6. The van der Waals surface area contributed by atoms with Gasteiger partial charge in [0.15, 0.2) is 0 Å². The van der Waals surface area contributed by atoms with Gasteiger partial charge >= 0.3 is 5.91 Å². The Balaban J connectivity index is 1.86. The monoisotopic (exact) mass is 321 g/mol. The summed E-state index contributed by atoms with van der Waals surface area (Å²) in [6.45, 7) is 0.0962. The van der Waals surface area contributed by atoms with E-state index in [0.717, 1.165) is 10.5 Å². The number of Topliss-reactive ketones (excluding diaryl/α,β-unsaturated/α-hetero) is 1. The zero-order valence-electron chi connectivity index (χ0n) is 12.8. The third-order valence-electron chi connectivity index (χ3n) is 3.88. The summed E-state index contributed by atoms with van der Waals surface area (Å²) >= 11 is 0. The van der Waals surface area contributed by atoms with Crippen LogP contribution in [-0.4, -0.2) is 34.1 Å². The minimum Gasteiger partial charge on any atom is -0.506 e. The van der Waals surface area contributed by atoms with Crippen LogP contribution in [0.4, 0.5) is 0 Å². The second-order valence-corrected chi connectivity index (χ2v) is 5.42. The molecule has 1 aliphatic heterocycles. The van der Waals surface area contributed by atoms with Crippen LogP contribution in [0.5, 0.6) is 0 Å². The fourth-order valence-electron chi connectivity index (χ4n) is 2.59. The van der Waals surface area contributed by atoms with Crippen LogP contribution < -0.4 is 0 Å². The average Bonchev–Trinajstić information content (AvgIpc) is 2.83. The number of carbonyl (C=O) groups excluding carboxylic acids is 3. The van der Waals surface area contributed by atoms with Crippen molar-refractivity contribution < 1.29 is 19.5 Å². The molecule has 24 heavy (non-hydrogen) atoms. The van der Waals surface area contributed by atoms with Gasteiger partial charge in [-0.15, -0.1) is 0 Å². The van der Waals surface area contributed by atoms with E-state index in [9.17, 15) is 19.5 Å². The number of hydrogen-bond acceptors (Lipinski definition) is 4. The number of benzene rings is 2. The van der Waals surface area contributed by atoms with E-state index in [2.05, 4.69) is 0 Å². The highest BCUT2D eigenvalue weighted by Crippen LogP contribution is 2.24. The van der Waals surface area contributed by atoms with Crippen LogP contribution >= 0.6 is 0 Å². The Hall–Kier alpha value is -3.21. The number of likely N-dealkylation sites (tertiary alicyclic amines) is 1. The van der Waals surface area contributed by atoms with Gasteiger partial charge < -0.3 is 5.11 Å². The molecule has 0 spiro atoms. The second-order valence-electron chi connectivity index (χ2n) is 5.42. The molecule has 0 bridgehead atoms. The van der Waals surface area contributed by atoms with E-state index in [-0.39, 0.29) is 6.54 Å². The Kier molecular flexibility index (Phi) is 4.24. The van der Waals surface area contributed by atoms with Gasteiger partial charge in [0.25, 0.3) is 11.7 Å². The largest absolute Gasteiger partial charge is 0.506 e. The SMILES string of the molecule is O=C1C(=O)N(CCc2ccccc2)C(=O)/C1=C(\O)c1ccccc1. The lowest BCUT2D eigenvalue weighted by atomic mass is 10.1. The number of imide groups is 1. The first-order chi connectivity index (χ1) is 11.6. The predicted molar refractivity (Wildman–Crippen MR) is 87.9 cm³/mol. The van der Waals surface area contributed by atoms with Crippen molar-refractivity contribution in [2.75, 3.05) is 6.54 Å². The maximum Gasteiger partial charge on any atom is 0.302 e. The summed E-state index contributed by atoms with van der Waals surface area (Å²) in [5, 5.41) is 10.2. The summed E-state index contributed by atoms with van der Waals surface area (Å²) in [4.78, 5) is 37.5. The molecule has 5 heteroatoms. The lowest BCUT2D eigenvalue weighted by molar-refractivity contribution is -0.143. The minimum atomic E-state index is -0.964. The van der Waals surface area contributed by atoms with Gasteiger partial charge in [-0.05, 0) is 12.0 Å². The molecule has 0 atom stereocenters. The molecule has 1 heterocycles. The molecule has 3 rings (SSSR count). The number of carbonyl (C=O) groups is 3. The van der Waals surface area contributed by atoms with E-state index in [1.54, 1.807) is 30.3 Å². The van der Waals surface area contributed by atoms with Crippen molar-refractivity contribution in [3.63, 3.8) is 0 Å². The van der Waals surface area contributed by atoms with E-state index in [4.69, 9.17) is 0 Å². The maximum atomic E-state index is 12.4. The minimum absolute atomic E-state index is 0.0962. The van der Waals surface area contributed by atoms with Gasteiger partial charge in [-0.2, -0.15) is 0 Å². The van der Waals surface area contributed by atoms with Crippen LogP contribution in [0.2, 0.25) is 0 Å². The molecule has 120 valence electrons. The van der Waals surface area contributed by atoms with Crippen molar-refractivity contribution in [3.05, 3.63) is 77.4 Å². The van der Waals surface area contributed by atoms with Crippen LogP contribution in [0.3, 0.4) is 0 Å². The van der Waals surface area contributed by atoms with Crippen molar-refractivity contribution in [2.24, 2.45) is 0 Å². The molecule has 1 saturated heterocycles. The van der Waals surface area contributed by atoms with Crippen LogP contribution in [-0.2, 0) is 20.8 Å². The highest BCUT2D eigenvalue weighted by Gasteiger charge is 2.44. The first kappa shape index (κ1) is 15.7. The summed E-state index contributed by atoms with van der Waals surface area (Å²) < 4.78 is 0. The number of amides is 2. The van der Waals surface area contributed by atoms with Gasteiger partial charge in [0.1, 0.15) is 11.3 Å². The van der Waals surface area contributed by atoms with E-state index < -0.39 is 28.9 Å². The van der Waals surface area contributed by atoms with Crippen molar-refractivity contribution >= 4 is 23.4 Å². The Morgan fingerprint density at radius 1 is 0.833 bits per heavy atom. The molecule has 2 amide bonds. The van der Waals surface area contributed by atoms with Gasteiger partial charge in [-0.25, -0.2) is 0 Å². The second kappa shape index (κ2) is 6.50. The molecule has 0 unspecified atom stereocenters. The van der Waals surface area contributed by atoms with E-state index in [1.807, 2.05) is 30.3 Å². The zero-order valence-corrected chi connectivity index (χ0v) is 12.8. The first-order valence-electron chi connectivity index (χ1n) is 7.52. The van der Waals surface area contributed by atoms with Crippen molar-refractivity contribution in [1.29, 1.82) is 0 Å². The zero-order chi connectivity index (χ0) is 17.1. The quantitative estimate of drug-likeness (QED) is 0.308. The van der Waals surface area contributed by atoms with Gasteiger partial charge in [0.2, 0.25) is 0 Å². The highest BCUT2D eigenvalue weighted by atomic mass is 16.3. The van der Waals surface area contributed by atoms with Crippen LogP contribution in [0, 0.1) is 0 Å². The van der Waals surface area contributed by atoms with Crippen molar-refractivity contribution in [1.82, 2.24) is 4.90 Å². The van der Waals surface area contributed by atoms with Gasteiger partial charge in [0, 0.05) is 12.1 Å². The average molecular weight is 321 g/mol. The van der Waals surface area contributed by atoms with Crippen molar-refractivity contribution in [2.45, 2.75) is 6.42 Å². The molecule has 1 fully saturated rings. The molecule has 0 aromatic heterocycles. The summed E-state index contributed by atoms with van der Waals surface area (Å²) in [6.07, 6.45) is 0.449. The fraction of sp³-hybridized carbons (Fsp3) is 0.105. The van der Waals surface area contributed by atoms with E-state index in [1.165, 1.54) is 0 Å². The molecule has 0 radical (unpaired) electrons. The summed E-state index contributed by atoms with van der Waals surface area (Å²) in [7, 11) is 0. The topological polar surface area (TPSA) is 74.7 Å². The first-order valence-corrected chi connectivity index (χ1v) is 7.52. The maximum absolute atomic E-state index is 12.4. The molecule has 5 nitrogen and oxygen atoms in total. The smallest absolute Gasteiger partial charge is 0.302 e. The predicted octanol–water partition coefficient (Wildman–Crippen LogP) is 2.14. The number of hydrogen-bond donors (Lipinski definition) is 1. The van der Waals surface area contributed by atoms with Gasteiger partial charge in [-0.3, -0.25) is 19.3 Å². The third kappa shape index (κ3) is 2.84. The normalized spacial score (nSPS) is 16.7. The molecule has 0 aliphatic carbocycles. The fourth-order valence-corrected chi connectivity index (χ4v) is 2.59. The molecule has 1 aliphatic rings. The van der Waals surface area contributed by atoms with Gasteiger partial charge in [-0.1, -0.05) is 60.7 Å². The van der Waals surface area contributed by atoms with Crippen molar-refractivity contribution in [3.8, 4) is 0 Å². The summed E-state index contributed by atoms with van der Waals surface area (Å²) in [5.41, 5.74) is 0.821. The number of aliphatic hydroxyl groups is 1. The molecular weight excluding hydrogens is 306 g/mol. The standard InChI is InChI=1S/C19H15NO4/c21-16(14-9-5-2-6-10-14)15-17(22)19(24)20(18(15)23)12-11-13-7-3-1-4-8-13/h1-10,21H,11-12H2/b16-15-. The molecule has 2 aromatic carbocycles. The third-order valence-corrected chi connectivity index (χ3v) is 3.88. The number of rotatable bonds is 4. The van der Waals surface area contributed by atoms with E-state index in [0.29, 0.717) is 12.0 Å². The number of aliphatic hydroxyl groups excluding tert-OH is 1. The Labute approximate surface area is 138 Å². The van der Waals surface area contributed by atoms with Crippen LogP contribution in [0.1, 0.15) is 11.1 Å². The Bertz CT molecular complexity index is 825. The molecule has 2 aromatic rings. The molecule has 1 N–H and O–H groups in total. The Morgan fingerprint density at radius 2 is 1.42 bits per heavy atom. The highest BCUT2D eigenvalue weighted by molar-refractivity contribution is 6.58. The van der Waals surface area contributed by atoms with Gasteiger partial charge in [0.05, 0.1) is 0 Å². The lowest BCUT2D eigenvalue weighted by Crippen LogP contribution is -2.32. The number of ketones is 1. The van der Waals surface area contributed by atoms with E-state index >= 15 is 0 Å².